The van der Waals surface area contributed by atoms with E-state index in [9.17, 15) is 9.50 Å². The molecule has 1 aromatic rings. The predicted octanol–water partition coefficient (Wildman–Crippen LogP) is 2.36. The number of halogens is 1. The molecule has 3 N–H and O–H groups in total. The lowest BCUT2D eigenvalue weighted by atomic mass is 9.93. The van der Waals surface area contributed by atoms with Gasteiger partial charge in [0.1, 0.15) is 18.0 Å². The van der Waals surface area contributed by atoms with Crippen molar-refractivity contribution in [3.8, 4) is 12.1 Å². The van der Waals surface area contributed by atoms with E-state index in [4.69, 9.17) is 10.5 Å². The molecule has 1 aliphatic carbocycles. The number of nitriles is 2. The van der Waals surface area contributed by atoms with Gasteiger partial charge in [-0.1, -0.05) is 6.07 Å². The van der Waals surface area contributed by atoms with Crippen LogP contribution in [-0.2, 0) is 0 Å². The Morgan fingerprint density at radius 3 is 2.55 bits per heavy atom. The number of hydrazone groups is 1. The molecule has 22 heavy (non-hydrogen) atoms. The number of rotatable bonds is 4. The fraction of sp³-hybridized carbons (Fsp3) is 0.400. The first-order valence-electron chi connectivity index (χ1n) is 7.01. The number of anilines is 2. The first-order chi connectivity index (χ1) is 10.6. The van der Waals surface area contributed by atoms with Gasteiger partial charge in [-0.05, 0) is 37.8 Å². The van der Waals surface area contributed by atoms with Crippen LogP contribution in [-0.4, -0.2) is 23.0 Å². The smallest absolute Gasteiger partial charge is 0.237 e. The van der Waals surface area contributed by atoms with Crippen molar-refractivity contribution in [2.75, 3.05) is 10.7 Å². The molecule has 1 saturated carbocycles. The SMILES string of the molecule is N#CC(C#N)=NNc1cccc(F)c1NC1CCC(O)CC1. The number of nitrogens with one attached hydrogen (secondary N) is 2. The third kappa shape index (κ3) is 3.94. The largest absolute Gasteiger partial charge is 0.393 e. The molecule has 7 heteroatoms. The summed E-state index contributed by atoms with van der Waals surface area (Å²) in [5.74, 6) is -0.443. The predicted molar refractivity (Wildman–Crippen MR) is 80.6 cm³/mol. The van der Waals surface area contributed by atoms with Crippen molar-refractivity contribution in [3.63, 3.8) is 0 Å². The summed E-state index contributed by atoms with van der Waals surface area (Å²) in [4.78, 5) is 0. The lowest BCUT2D eigenvalue weighted by Crippen LogP contribution is -2.28. The van der Waals surface area contributed by atoms with E-state index in [-0.39, 0.29) is 23.5 Å². The van der Waals surface area contributed by atoms with Crippen molar-refractivity contribution < 1.29 is 9.50 Å². The van der Waals surface area contributed by atoms with Crippen LogP contribution in [0.3, 0.4) is 0 Å². The molecule has 0 heterocycles. The van der Waals surface area contributed by atoms with Gasteiger partial charge in [0.05, 0.1) is 17.5 Å². The molecule has 0 unspecified atom stereocenters. The van der Waals surface area contributed by atoms with Crippen LogP contribution in [0.1, 0.15) is 25.7 Å². The highest BCUT2D eigenvalue weighted by atomic mass is 19.1. The van der Waals surface area contributed by atoms with E-state index < -0.39 is 5.82 Å². The minimum atomic E-state index is -0.443. The number of para-hydroxylation sites is 1. The van der Waals surface area contributed by atoms with Gasteiger partial charge in [0, 0.05) is 6.04 Å². The summed E-state index contributed by atoms with van der Waals surface area (Å²) >= 11 is 0. The third-order valence-electron chi connectivity index (χ3n) is 3.56. The Labute approximate surface area is 127 Å². The molecule has 114 valence electrons. The average Bonchev–Trinajstić information content (AvgIpc) is 2.53. The molecule has 0 aliphatic heterocycles. The van der Waals surface area contributed by atoms with Crippen LogP contribution in [0.25, 0.3) is 0 Å². The summed E-state index contributed by atoms with van der Waals surface area (Å²) in [7, 11) is 0. The maximum atomic E-state index is 14.0. The maximum absolute atomic E-state index is 14.0. The van der Waals surface area contributed by atoms with Gasteiger partial charge in [0.25, 0.3) is 0 Å². The number of aliphatic hydroxyl groups is 1. The molecule has 0 bridgehead atoms. The van der Waals surface area contributed by atoms with Crippen molar-refractivity contribution in [2.45, 2.75) is 37.8 Å². The Bertz CT molecular complexity index is 622. The van der Waals surface area contributed by atoms with Crippen molar-refractivity contribution in [3.05, 3.63) is 24.0 Å². The minimum Gasteiger partial charge on any atom is -0.393 e. The normalized spacial score (nSPS) is 20.4. The van der Waals surface area contributed by atoms with E-state index in [0.29, 0.717) is 18.5 Å². The molecule has 0 spiro atoms. The lowest BCUT2D eigenvalue weighted by Gasteiger charge is -2.27. The highest BCUT2D eigenvalue weighted by Crippen LogP contribution is 2.29. The third-order valence-corrected chi connectivity index (χ3v) is 3.56. The number of aliphatic hydroxyl groups excluding tert-OH is 1. The molecule has 0 radical (unpaired) electrons. The zero-order valence-corrected chi connectivity index (χ0v) is 11.9. The minimum absolute atomic E-state index is 0.0660. The van der Waals surface area contributed by atoms with Gasteiger partial charge in [-0.2, -0.15) is 15.6 Å². The Kier molecular flexibility index (Phi) is 5.29. The molecule has 0 aromatic heterocycles. The molecule has 0 atom stereocenters. The van der Waals surface area contributed by atoms with Gasteiger partial charge < -0.3 is 10.4 Å². The van der Waals surface area contributed by atoms with Crippen LogP contribution >= 0.6 is 0 Å². The molecular formula is C15H16FN5O. The number of hydrogen-bond donors (Lipinski definition) is 3. The Hall–Kier alpha value is -2.64. The average molecular weight is 301 g/mol. The van der Waals surface area contributed by atoms with Gasteiger partial charge in [0.2, 0.25) is 5.71 Å². The summed E-state index contributed by atoms with van der Waals surface area (Å²) in [6.45, 7) is 0. The van der Waals surface area contributed by atoms with Gasteiger partial charge in [-0.15, -0.1) is 0 Å². The summed E-state index contributed by atoms with van der Waals surface area (Å²) in [5.41, 5.74) is 2.82. The van der Waals surface area contributed by atoms with Gasteiger partial charge in [-0.3, -0.25) is 5.43 Å². The molecule has 0 saturated heterocycles. The van der Waals surface area contributed by atoms with Crippen LogP contribution < -0.4 is 10.7 Å². The van der Waals surface area contributed by atoms with Crippen LogP contribution in [0.15, 0.2) is 23.3 Å². The van der Waals surface area contributed by atoms with Crippen LogP contribution in [0.5, 0.6) is 0 Å². The highest BCUT2D eigenvalue weighted by molar-refractivity contribution is 6.10. The van der Waals surface area contributed by atoms with Gasteiger partial charge in [-0.25, -0.2) is 4.39 Å². The quantitative estimate of drug-likeness (QED) is 0.585. The fourth-order valence-electron chi connectivity index (χ4n) is 2.38. The molecule has 1 aliphatic rings. The summed E-state index contributed by atoms with van der Waals surface area (Å²) in [5, 5.41) is 33.6. The Morgan fingerprint density at radius 1 is 1.23 bits per heavy atom. The number of benzene rings is 1. The number of hydrogen-bond acceptors (Lipinski definition) is 6. The molecule has 0 amide bonds. The zero-order valence-electron chi connectivity index (χ0n) is 11.9. The molecule has 1 aromatic carbocycles. The monoisotopic (exact) mass is 301 g/mol. The topological polar surface area (TPSA) is 104 Å². The van der Waals surface area contributed by atoms with Crippen LogP contribution in [0.4, 0.5) is 15.8 Å². The van der Waals surface area contributed by atoms with E-state index in [0.717, 1.165) is 12.8 Å². The van der Waals surface area contributed by atoms with E-state index in [1.54, 1.807) is 18.2 Å². The van der Waals surface area contributed by atoms with Crippen LogP contribution in [0, 0.1) is 28.5 Å². The fourth-order valence-corrected chi connectivity index (χ4v) is 2.38. The molecule has 6 nitrogen and oxygen atoms in total. The van der Waals surface area contributed by atoms with Crippen molar-refractivity contribution in [1.82, 2.24) is 0 Å². The van der Waals surface area contributed by atoms with E-state index in [1.807, 2.05) is 0 Å². The highest BCUT2D eigenvalue weighted by Gasteiger charge is 2.21. The lowest BCUT2D eigenvalue weighted by molar-refractivity contribution is 0.126. The van der Waals surface area contributed by atoms with Crippen molar-refractivity contribution in [1.29, 1.82) is 10.5 Å². The first-order valence-corrected chi connectivity index (χ1v) is 7.01. The maximum Gasteiger partial charge on any atom is 0.237 e. The second-order valence-electron chi connectivity index (χ2n) is 5.11. The Balaban J connectivity index is 2.15. The molecule has 1 fully saturated rings. The van der Waals surface area contributed by atoms with E-state index >= 15 is 0 Å². The van der Waals surface area contributed by atoms with Crippen LogP contribution in [0.2, 0.25) is 0 Å². The van der Waals surface area contributed by atoms with Gasteiger partial charge >= 0.3 is 0 Å². The van der Waals surface area contributed by atoms with Crippen molar-refractivity contribution in [2.24, 2.45) is 5.10 Å². The van der Waals surface area contributed by atoms with Crippen molar-refractivity contribution >= 4 is 17.1 Å². The standard InChI is InChI=1S/C15H16FN5O/c16-13-2-1-3-14(21-20-11(8-17)9-18)15(13)19-10-4-6-12(22)7-5-10/h1-3,10,12,19,21-22H,4-7H2. The number of nitrogens with zero attached hydrogens (tertiary/aromatic N) is 3. The summed E-state index contributed by atoms with van der Waals surface area (Å²) in [6.07, 6.45) is 2.58. The molecular weight excluding hydrogens is 285 g/mol. The van der Waals surface area contributed by atoms with E-state index in [2.05, 4.69) is 15.8 Å². The van der Waals surface area contributed by atoms with Gasteiger partial charge in [0.15, 0.2) is 0 Å². The summed E-state index contributed by atoms with van der Waals surface area (Å²) in [6, 6.07) is 7.77. The van der Waals surface area contributed by atoms with E-state index in [1.165, 1.54) is 12.1 Å². The zero-order chi connectivity index (χ0) is 15.9. The second-order valence-corrected chi connectivity index (χ2v) is 5.11. The summed E-state index contributed by atoms with van der Waals surface area (Å²) < 4.78 is 14.0. The second kappa shape index (κ2) is 7.39. The Morgan fingerprint density at radius 2 is 1.91 bits per heavy atom. The first kappa shape index (κ1) is 15.7. The molecule has 2 rings (SSSR count).